The maximum absolute atomic E-state index is 9.87. The number of likely N-dealkylation sites (N-methyl/N-ethyl adjacent to an activating group) is 1. The summed E-state index contributed by atoms with van der Waals surface area (Å²) in [7, 11) is 0. The minimum absolute atomic E-state index is 0.360. The van der Waals surface area contributed by atoms with Gasteiger partial charge in [0.15, 0.2) is 0 Å². The van der Waals surface area contributed by atoms with Crippen LogP contribution < -0.4 is 10.2 Å². The van der Waals surface area contributed by atoms with Crippen LogP contribution in [0, 0.1) is 24.2 Å². The Balaban J connectivity index is 1.81. The van der Waals surface area contributed by atoms with Gasteiger partial charge >= 0.3 is 0 Å². The number of aryl methyl sites for hydroxylation is 1. The first kappa shape index (κ1) is 14.4. The van der Waals surface area contributed by atoms with Gasteiger partial charge in [0.2, 0.25) is 0 Å². The molecular formula is C18H25N3. The van der Waals surface area contributed by atoms with E-state index >= 15 is 0 Å². The van der Waals surface area contributed by atoms with Crippen molar-refractivity contribution in [2.45, 2.75) is 51.1 Å². The zero-order valence-electron chi connectivity index (χ0n) is 13.1. The van der Waals surface area contributed by atoms with Gasteiger partial charge in [0.25, 0.3) is 0 Å². The second-order valence-electron chi connectivity index (χ2n) is 6.63. The summed E-state index contributed by atoms with van der Waals surface area (Å²) in [6.07, 6.45) is 4.84. The van der Waals surface area contributed by atoms with Crippen molar-refractivity contribution < 1.29 is 0 Å². The average Bonchev–Trinajstić information content (AvgIpc) is 3.37. The van der Waals surface area contributed by atoms with Gasteiger partial charge in [0.05, 0.1) is 6.07 Å². The number of nitrogens with zero attached hydrogens (tertiary/aromatic N) is 2. The molecule has 2 aliphatic carbocycles. The summed E-state index contributed by atoms with van der Waals surface area (Å²) < 4.78 is 0. The number of anilines is 1. The van der Waals surface area contributed by atoms with Crippen molar-refractivity contribution in [3.05, 3.63) is 29.8 Å². The van der Waals surface area contributed by atoms with Gasteiger partial charge in [-0.3, -0.25) is 5.32 Å². The van der Waals surface area contributed by atoms with E-state index in [0.29, 0.717) is 12.0 Å². The van der Waals surface area contributed by atoms with E-state index in [1.54, 1.807) is 0 Å². The third kappa shape index (κ3) is 3.22. The Morgan fingerprint density at radius 2 is 2.10 bits per heavy atom. The largest absolute Gasteiger partial charge is 0.369 e. The minimum atomic E-state index is -0.360. The summed E-state index contributed by atoms with van der Waals surface area (Å²) in [5, 5.41) is 13.5. The predicted octanol–water partition coefficient (Wildman–Crippen LogP) is 3.25. The van der Waals surface area contributed by atoms with Crippen LogP contribution in [-0.4, -0.2) is 24.7 Å². The van der Waals surface area contributed by atoms with Crippen molar-refractivity contribution in [3.63, 3.8) is 0 Å². The topological polar surface area (TPSA) is 39.1 Å². The Kier molecular flexibility index (Phi) is 3.91. The molecule has 2 aliphatic rings. The first-order chi connectivity index (χ1) is 10.2. The highest BCUT2D eigenvalue weighted by molar-refractivity contribution is 5.49. The van der Waals surface area contributed by atoms with E-state index in [1.807, 2.05) is 0 Å². The molecule has 3 rings (SSSR count). The second-order valence-corrected chi connectivity index (χ2v) is 6.63. The molecule has 1 atom stereocenters. The van der Waals surface area contributed by atoms with Crippen molar-refractivity contribution in [1.29, 1.82) is 5.26 Å². The normalized spacial score (nSPS) is 20.6. The van der Waals surface area contributed by atoms with Gasteiger partial charge in [-0.15, -0.1) is 0 Å². The van der Waals surface area contributed by atoms with Crippen LogP contribution in [0.15, 0.2) is 24.3 Å². The molecule has 0 heterocycles. The summed E-state index contributed by atoms with van der Waals surface area (Å²) in [6, 6.07) is 11.8. The summed E-state index contributed by atoms with van der Waals surface area (Å²) in [4.78, 5) is 2.35. The number of hydrogen-bond acceptors (Lipinski definition) is 3. The average molecular weight is 283 g/mol. The van der Waals surface area contributed by atoms with Crippen molar-refractivity contribution in [1.82, 2.24) is 5.32 Å². The van der Waals surface area contributed by atoms with Gasteiger partial charge in [0.1, 0.15) is 5.54 Å². The van der Waals surface area contributed by atoms with E-state index < -0.39 is 0 Å². The molecule has 0 amide bonds. The molecule has 3 heteroatoms. The molecule has 3 nitrogen and oxygen atoms in total. The number of nitriles is 1. The molecular weight excluding hydrogens is 258 g/mol. The molecule has 1 unspecified atom stereocenters. The van der Waals surface area contributed by atoms with E-state index in [0.717, 1.165) is 13.1 Å². The molecule has 21 heavy (non-hydrogen) atoms. The lowest BCUT2D eigenvalue weighted by Crippen LogP contribution is -2.55. The molecule has 0 aromatic heterocycles. The Morgan fingerprint density at radius 3 is 2.62 bits per heavy atom. The lowest BCUT2D eigenvalue weighted by molar-refractivity contribution is 0.361. The summed E-state index contributed by atoms with van der Waals surface area (Å²) in [5.74, 6) is 0.530. The second kappa shape index (κ2) is 5.69. The fraction of sp³-hybridized carbons (Fsp3) is 0.611. The van der Waals surface area contributed by atoms with Crippen molar-refractivity contribution >= 4 is 5.69 Å². The molecule has 1 aromatic rings. The molecule has 2 fully saturated rings. The van der Waals surface area contributed by atoms with Crippen LogP contribution in [0.5, 0.6) is 0 Å². The fourth-order valence-electron chi connectivity index (χ4n) is 3.13. The molecule has 2 saturated carbocycles. The van der Waals surface area contributed by atoms with E-state index in [1.165, 1.54) is 36.9 Å². The van der Waals surface area contributed by atoms with Crippen molar-refractivity contribution in [3.8, 4) is 6.07 Å². The van der Waals surface area contributed by atoms with Gasteiger partial charge in [-0.05, 0) is 63.1 Å². The third-order valence-corrected chi connectivity index (χ3v) is 4.70. The molecule has 112 valence electrons. The van der Waals surface area contributed by atoms with Gasteiger partial charge in [0, 0.05) is 24.8 Å². The fourth-order valence-corrected chi connectivity index (χ4v) is 3.13. The Bertz CT molecular complexity index is 540. The lowest BCUT2D eigenvalue weighted by Gasteiger charge is -2.35. The number of benzene rings is 1. The van der Waals surface area contributed by atoms with E-state index in [9.17, 15) is 5.26 Å². The molecule has 0 bridgehead atoms. The number of nitrogens with one attached hydrogen (secondary N) is 1. The maximum Gasteiger partial charge on any atom is 0.127 e. The van der Waals surface area contributed by atoms with Gasteiger partial charge in [-0.1, -0.05) is 12.1 Å². The zero-order valence-corrected chi connectivity index (χ0v) is 13.1. The SMILES string of the molecule is CCN(CC(C#N)(NC1CC1)C1CC1)c1cccc(C)c1. The van der Waals surface area contributed by atoms with Crippen LogP contribution >= 0.6 is 0 Å². The van der Waals surface area contributed by atoms with Crippen LogP contribution in [0.1, 0.15) is 38.2 Å². The quantitative estimate of drug-likeness (QED) is 0.835. The molecule has 0 aliphatic heterocycles. The Labute approximate surface area is 128 Å². The van der Waals surface area contributed by atoms with E-state index in [2.05, 4.69) is 54.4 Å². The molecule has 1 aromatic carbocycles. The van der Waals surface area contributed by atoms with E-state index in [-0.39, 0.29) is 5.54 Å². The van der Waals surface area contributed by atoms with Gasteiger partial charge in [-0.25, -0.2) is 0 Å². The Morgan fingerprint density at radius 1 is 1.33 bits per heavy atom. The first-order valence-corrected chi connectivity index (χ1v) is 8.17. The van der Waals surface area contributed by atoms with Crippen LogP contribution in [0.3, 0.4) is 0 Å². The zero-order chi connectivity index (χ0) is 14.9. The highest BCUT2D eigenvalue weighted by Gasteiger charge is 2.49. The smallest absolute Gasteiger partial charge is 0.127 e. The first-order valence-electron chi connectivity index (χ1n) is 8.17. The van der Waals surface area contributed by atoms with Crippen LogP contribution in [0.2, 0.25) is 0 Å². The molecule has 1 N–H and O–H groups in total. The number of rotatable bonds is 7. The van der Waals surface area contributed by atoms with Crippen LogP contribution in [0.4, 0.5) is 5.69 Å². The molecule has 0 saturated heterocycles. The lowest BCUT2D eigenvalue weighted by atomic mass is 9.93. The molecule has 0 spiro atoms. The van der Waals surface area contributed by atoms with Crippen LogP contribution in [-0.2, 0) is 0 Å². The van der Waals surface area contributed by atoms with Crippen molar-refractivity contribution in [2.24, 2.45) is 5.92 Å². The maximum atomic E-state index is 9.87. The van der Waals surface area contributed by atoms with Crippen molar-refractivity contribution in [2.75, 3.05) is 18.0 Å². The predicted molar refractivity (Wildman–Crippen MR) is 86.3 cm³/mol. The monoisotopic (exact) mass is 283 g/mol. The van der Waals surface area contributed by atoms with Gasteiger partial charge < -0.3 is 4.90 Å². The highest BCUT2D eigenvalue weighted by Crippen LogP contribution is 2.42. The third-order valence-electron chi connectivity index (χ3n) is 4.70. The van der Waals surface area contributed by atoms with Crippen LogP contribution in [0.25, 0.3) is 0 Å². The number of hydrogen-bond donors (Lipinski definition) is 1. The van der Waals surface area contributed by atoms with E-state index in [4.69, 9.17) is 0 Å². The summed E-state index contributed by atoms with van der Waals surface area (Å²) >= 11 is 0. The molecule has 0 radical (unpaired) electrons. The summed E-state index contributed by atoms with van der Waals surface area (Å²) in [6.45, 7) is 6.03. The standard InChI is InChI=1S/C18H25N3/c1-3-21(17-6-4-5-14(2)11-17)13-18(12-19,15-7-8-15)20-16-9-10-16/h4-6,11,15-16,20H,3,7-10,13H2,1-2H3. The minimum Gasteiger partial charge on any atom is -0.369 e. The highest BCUT2D eigenvalue weighted by atomic mass is 15.2. The summed E-state index contributed by atoms with van der Waals surface area (Å²) in [5.41, 5.74) is 2.14. The Hall–Kier alpha value is -1.53. The van der Waals surface area contributed by atoms with Gasteiger partial charge in [-0.2, -0.15) is 5.26 Å².